The van der Waals surface area contributed by atoms with E-state index in [1.54, 1.807) is 42.6 Å². The lowest BCUT2D eigenvalue weighted by atomic mass is 10.2. The molecule has 0 saturated heterocycles. The van der Waals surface area contributed by atoms with E-state index >= 15 is 0 Å². The van der Waals surface area contributed by atoms with Crippen molar-refractivity contribution in [3.05, 3.63) is 57.0 Å². The van der Waals surface area contributed by atoms with Crippen LogP contribution in [0.3, 0.4) is 0 Å². The van der Waals surface area contributed by atoms with E-state index in [1.807, 2.05) is 0 Å². The maximum absolute atomic E-state index is 10.5. The number of halogens is 3. The van der Waals surface area contributed by atoms with Crippen molar-refractivity contribution in [3.8, 4) is 5.75 Å². The Bertz CT molecular complexity index is 732. The highest BCUT2D eigenvalue weighted by atomic mass is 35.5. The quantitative estimate of drug-likeness (QED) is 0.776. The topological polar surface area (TPSA) is 58.9 Å². The van der Waals surface area contributed by atoms with Gasteiger partial charge in [0.1, 0.15) is 5.75 Å². The minimum atomic E-state index is -1.07. The van der Waals surface area contributed by atoms with Crippen LogP contribution in [0.4, 0.5) is 5.69 Å². The summed E-state index contributed by atoms with van der Waals surface area (Å²) in [5.74, 6) is -0.778. The van der Waals surface area contributed by atoms with Crippen LogP contribution in [-0.2, 0) is 4.79 Å². The molecule has 0 heterocycles. The smallest absolute Gasteiger partial charge is 0.341 e. The summed E-state index contributed by atoms with van der Waals surface area (Å²) in [7, 11) is 0. The Balaban J connectivity index is 2.16. The second kappa shape index (κ2) is 7.49. The van der Waals surface area contributed by atoms with E-state index in [2.05, 4.69) is 4.99 Å². The van der Waals surface area contributed by atoms with Gasteiger partial charge in [-0.25, -0.2) is 4.79 Å². The Morgan fingerprint density at radius 1 is 1.18 bits per heavy atom. The molecule has 1 N–H and O–H groups in total. The lowest BCUT2D eigenvalue weighted by Gasteiger charge is -2.06. The molecule has 0 fully saturated rings. The van der Waals surface area contributed by atoms with E-state index in [-0.39, 0.29) is 0 Å². The van der Waals surface area contributed by atoms with Crippen molar-refractivity contribution in [3.63, 3.8) is 0 Å². The molecule has 0 unspecified atom stereocenters. The Hall–Kier alpha value is -1.75. The zero-order valence-electron chi connectivity index (χ0n) is 11.1. The lowest BCUT2D eigenvalue weighted by Crippen LogP contribution is -2.09. The molecule has 0 aliphatic rings. The van der Waals surface area contributed by atoms with Crippen molar-refractivity contribution in [1.29, 1.82) is 0 Å². The van der Waals surface area contributed by atoms with Crippen LogP contribution in [0.1, 0.15) is 5.56 Å². The van der Waals surface area contributed by atoms with E-state index in [0.717, 1.165) is 0 Å². The lowest BCUT2D eigenvalue weighted by molar-refractivity contribution is -0.139. The fourth-order valence-electron chi connectivity index (χ4n) is 1.59. The number of ether oxygens (including phenoxy) is 1. The van der Waals surface area contributed by atoms with Gasteiger partial charge in [0, 0.05) is 6.21 Å². The van der Waals surface area contributed by atoms with Crippen LogP contribution >= 0.6 is 34.8 Å². The molecule has 2 rings (SSSR count). The van der Waals surface area contributed by atoms with Gasteiger partial charge in [-0.3, -0.25) is 4.99 Å². The second-order valence-electron chi connectivity index (χ2n) is 4.20. The van der Waals surface area contributed by atoms with Gasteiger partial charge in [-0.2, -0.15) is 0 Å². The third-order valence-electron chi connectivity index (χ3n) is 2.59. The number of benzene rings is 2. The number of carbonyl (C=O) groups is 1. The highest BCUT2D eigenvalue weighted by Crippen LogP contribution is 2.32. The summed E-state index contributed by atoms with van der Waals surface area (Å²) in [4.78, 5) is 14.7. The number of hydrogen-bond donors (Lipinski definition) is 1. The van der Waals surface area contributed by atoms with Gasteiger partial charge in [-0.15, -0.1) is 0 Å². The molecule has 0 saturated carbocycles. The number of carboxylic acids is 1. The molecule has 0 spiro atoms. The van der Waals surface area contributed by atoms with Gasteiger partial charge in [0.2, 0.25) is 0 Å². The van der Waals surface area contributed by atoms with E-state index in [9.17, 15) is 4.79 Å². The zero-order chi connectivity index (χ0) is 16.1. The van der Waals surface area contributed by atoms with Crippen LogP contribution in [0, 0.1) is 0 Å². The predicted octanol–water partition coefficient (Wildman–Crippen LogP) is 4.86. The van der Waals surface area contributed by atoms with Crippen molar-refractivity contribution >= 4 is 52.7 Å². The number of aliphatic imine (C=N–C) groups is 1. The van der Waals surface area contributed by atoms with Gasteiger partial charge >= 0.3 is 5.97 Å². The third kappa shape index (κ3) is 4.37. The summed E-state index contributed by atoms with van der Waals surface area (Å²) in [5, 5.41) is 9.65. The van der Waals surface area contributed by atoms with Crippen molar-refractivity contribution in [2.24, 2.45) is 4.99 Å². The molecule has 2 aromatic rings. The summed E-state index contributed by atoms with van der Waals surface area (Å²) in [5.41, 5.74) is 1.25. The summed E-state index contributed by atoms with van der Waals surface area (Å²) >= 11 is 18.0. The molecular formula is C15H10Cl3NO3. The molecule has 4 nitrogen and oxygen atoms in total. The van der Waals surface area contributed by atoms with Crippen LogP contribution in [0.5, 0.6) is 5.75 Å². The molecule has 22 heavy (non-hydrogen) atoms. The minimum absolute atomic E-state index is 0.294. The Morgan fingerprint density at radius 3 is 2.64 bits per heavy atom. The molecule has 114 valence electrons. The van der Waals surface area contributed by atoms with Crippen molar-refractivity contribution in [2.45, 2.75) is 0 Å². The van der Waals surface area contributed by atoms with Gasteiger partial charge in [-0.05, 0) is 35.9 Å². The van der Waals surface area contributed by atoms with Gasteiger partial charge < -0.3 is 9.84 Å². The Labute approximate surface area is 141 Å². The summed E-state index contributed by atoms with van der Waals surface area (Å²) in [6, 6.07) is 10.0. The maximum Gasteiger partial charge on any atom is 0.341 e. The molecular weight excluding hydrogens is 349 g/mol. The van der Waals surface area contributed by atoms with Gasteiger partial charge in [0.05, 0.1) is 20.8 Å². The first-order chi connectivity index (χ1) is 10.5. The summed E-state index contributed by atoms with van der Waals surface area (Å²) in [6.07, 6.45) is 1.57. The van der Waals surface area contributed by atoms with Crippen molar-refractivity contribution < 1.29 is 14.6 Å². The van der Waals surface area contributed by atoms with E-state index in [0.29, 0.717) is 32.1 Å². The van der Waals surface area contributed by atoms with Gasteiger partial charge in [0.25, 0.3) is 0 Å². The number of carboxylic acid groups (broad SMARTS) is 1. The third-order valence-corrected chi connectivity index (χ3v) is 3.70. The van der Waals surface area contributed by atoms with Crippen LogP contribution in [0.2, 0.25) is 15.1 Å². The van der Waals surface area contributed by atoms with Crippen LogP contribution in [-0.4, -0.2) is 23.9 Å². The standard InChI is InChI=1S/C15H10Cl3NO3/c16-10-2-1-3-12(15(10)18)19-7-9-4-5-13(11(17)6-9)22-8-14(20)21/h1-7H,8H2,(H,20,21). The fourth-order valence-corrected chi connectivity index (χ4v) is 2.18. The average molecular weight is 359 g/mol. The minimum Gasteiger partial charge on any atom is -0.480 e. The Morgan fingerprint density at radius 2 is 1.95 bits per heavy atom. The van der Waals surface area contributed by atoms with Gasteiger partial charge in [0.15, 0.2) is 6.61 Å². The molecule has 0 aliphatic heterocycles. The summed E-state index contributed by atoms with van der Waals surface area (Å²) in [6.45, 7) is -0.453. The van der Waals surface area contributed by atoms with Crippen molar-refractivity contribution in [1.82, 2.24) is 0 Å². The van der Waals surface area contributed by atoms with Crippen molar-refractivity contribution in [2.75, 3.05) is 6.61 Å². The largest absolute Gasteiger partial charge is 0.480 e. The molecule has 0 aromatic heterocycles. The van der Waals surface area contributed by atoms with Crippen LogP contribution in [0.15, 0.2) is 41.4 Å². The fraction of sp³-hybridized carbons (Fsp3) is 0.0667. The first-order valence-electron chi connectivity index (χ1n) is 6.09. The molecule has 2 aromatic carbocycles. The molecule has 0 radical (unpaired) electrons. The highest BCUT2D eigenvalue weighted by Gasteiger charge is 2.05. The van der Waals surface area contributed by atoms with Crippen LogP contribution in [0.25, 0.3) is 0 Å². The monoisotopic (exact) mass is 357 g/mol. The molecule has 0 amide bonds. The highest BCUT2D eigenvalue weighted by molar-refractivity contribution is 6.43. The number of nitrogens with zero attached hydrogens (tertiary/aromatic N) is 1. The Kier molecular flexibility index (Phi) is 5.66. The van der Waals surface area contributed by atoms with Gasteiger partial charge in [-0.1, -0.05) is 40.9 Å². The molecule has 7 heteroatoms. The van der Waals surface area contributed by atoms with Crippen LogP contribution < -0.4 is 4.74 Å². The maximum atomic E-state index is 10.5. The zero-order valence-corrected chi connectivity index (χ0v) is 13.4. The average Bonchev–Trinajstić information content (AvgIpc) is 2.47. The van der Waals surface area contributed by atoms with E-state index in [4.69, 9.17) is 44.6 Å². The summed E-state index contributed by atoms with van der Waals surface area (Å²) < 4.78 is 5.04. The molecule has 0 aliphatic carbocycles. The first-order valence-corrected chi connectivity index (χ1v) is 7.23. The predicted molar refractivity (Wildman–Crippen MR) is 88.3 cm³/mol. The SMILES string of the molecule is O=C(O)COc1ccc(C=Nc2cccc(Cl)c2Cl)cc1Cl. The van der Waals surface area contributed by atoms with E-state index in [1.165, 1.54) is 0 Å². The number of aliphatic carboxylic acids is 1. The molecule has 0 atom stereocenters. The van der Waals surface area contributed by atoms with E-state index < -0.39 is 12.6 Å². The number of hydrogen-bond acceptors (Lipinski definition) is 3. The first kappa shape index (κ1) is 16.6. The second-order valence-corrected chi connectivity index (χ2v) is 5.40. The number of rotatable bonds is 5. The molecule has 0 bridgehead atoms. The normalized spacial score (nSPS) is 10.9.